The minimum Gasteiger partial charge on any atom is -0.480 e. The van der Waals surface area contributed by atoms with E-state index in [9.17, 15) is 14.7 Å². The quantitative estimate of drug-likeness (QED) is 0.738. The third-order valence-corrected chi connectivity index (χ3v) is 3.84. The molecule has 1 amide bonds. The van der Waals surface area contributed by atoms with Gasteiger partial charge < -0.3 is 19.9 Å². The molecule has 2 aliphatic rings. The van der Waals surface area contributed by atoms with Crippen molar-refractivity contribution in [3.05, 3.63) is 0 Å². The molecule has 1 aliphatic carbocycles. The first-order valence-corrected chi connectivity index (χ1v) is 6.89. The van der Waals surface area contributed by atoms with E-state index in [1.807, 2.05) is 0 Å². The highest BCUT2D eigenvalue weighted by molar-refractivity contribution is 5.89. The Hall–Kier alpha value is -1.14. The molecule has 0 spiro atoms. The highest BCUT2D eigenvalue weighted by Crippen LogP contribution is 2.27. The smallest absolute Gasteiger partial charge is 0.329 e. The van der Waals surface area contributed by atoms with Crippen LogP contribution in [0.1, 0.15) is 38.5 Å². The van der Waals surface area contributed by atoms with Crippen LogP contribution in [0.15, 0.2) is 0 Å². The number of hydrogen-bond acceptors (Lipinski definition) is 4. The number of carbonyl (C=O) groups is 2. The van der Waals surface area contributed by atoms with Gasteiger partial charge in [-0.05, 0) is 12.8 Å². The zero-order valence-electron chi connectivity index (χ0n) is 11.0. The number of carboxylic acid groups (broad SMARTS) is 1. The summed E-state index contributed by atoms with van der Waals surface area (Å²) in [5.74, 6) is -1.32. The van der Waals surface area contributed by atoms with Gasteiger partial charge in [-0.3, -0.25) is 4.79 Å². The maximum atomic E-state index is 12.1. The molecular weight excluding hydrogens is 250 g/mol. The SMILES string of the molecule is O=C(NC1(C(=O)O)CCCCCC1)[C@@H]1COCCO1. The number of carbonyl (C=O) groups excluding carboxylic acids is 1. The third kappa shape index (κ3) is 3.45. The van der Waals surface area contributed by atoms with Crippen molar-refractivity contribution in [2.75, 3.05) is 19.8 Å². The largest absolute Gasteiger partial charge is 0.480 e. The van der Waals surface area contributed by atoms with E-state index in [0.717, 1.165) is 25.7 Å². The van der Waals surface area contributed by atoms with E-state index in [0.29, 0.717) is 26.1 Å². The summed E-state index contributed by atoms with van der Waals surface area (Å²) in [5, 5.41) is 12.2. The summed E-state index contributed by atoms with van der Waals surface area (Å²) >= 11 is 0. The van der Waals surface area contributed by atoms with Gasteiger partial charge >= 0.3 is 5.97 Å². The number of nitrogens with one attached hydrogen (secondary N) is 1. The van der Waals surface area contributed by atoms with Gasteiger partial charge in [0.15, 0.2) is 6.10 Å². The molecule has 6 nitrogen and oxygen atoms in total. The predicted molar refractivity (Wildman–Crippen MR) is 66.8 cm³/mol. The Morgan fingerprint density at radius 1 is 1.11 bits per heavy atom. The fourth-order valence-electron chi connectivity index (χ4n) is 2.68. The first-order chi connectivity index (χ1) is 9.14. The van der Waals surface area contributed by atoms with Crippen LogP contribution in [-0.2, 0) is 19.1 Å². The Labute approximate surface area is 112 Å². The lowest BCUT2D eigenvalue weighted by Crippen LogP contribution is -2.58. The van der Waals surface area contributed by atoms with Crippen molar-refractivity contribution in [3.63, 3.8) is 0 Å². The Balaban J connectivity index is 2.02. The second-order valence-electron chi connectivity index (χ2n) is 5.23. The maximum absolute atomic E-state index is 12.1. The van der Waals surface area contributed by atoms with Crippen LogP contribution in [0.2, 0.25) is 0 Å². The molecule has 1 aliphatic heterocycles. The summed E-state index contributed by atoms with van der Waals surface area (Å²) in [5.41, 5.74) is -1.13. The average molecular weight is 271 g/mol. The fraction of sp³-hybridized carbons (Fsp3) is 0.846. The summed E-state index contributed by atoms with van der Waals surface area (Å²) in [7, 11) is 0. The standard InChI is InChI=1S/C13H21NO5/c15-11(10-9-18-7-8-19-10)14-13(12(16)17)5-3-1-2-4-6-13/h10H,1-9H2,(H,14,15)(H,16,17)/t10-/m0/s1. The molecule has 1 atom stereocenters. The molecule has 6 heteroatoms. The molecule has 2 rings (SSSR count). The van der Waals surface area contributed by atoms with E-state index >= 15 is 0 Å². The second-order valence-corrected chi connectivity index (χ2v) is 5.23. The number of rotatable bonds is 3. The number of carboxylic acids is 1. The van der Waals surface area contributed by atoms with Crippen LogP contribution in [0, 0.1) is 0 Å². The first-order valence-electron chi connectivity index (χ1n) is 6.89. The Morgan fingerprint density at radius 2 is 1.79 bits per heavy atom. The minimum absolute atomic E-state index is 0.196. The van der Waals surface area contributed by atoms with E-state index in [4.69, 9.17) is 9.47 Å². The third-order valence-electron chi connectivity index (χ3n) is 3.84. The molecule has 1 saturated carbocycles. The Morgan fingerprint density at radius 3 is 2.32 bits per heavy atom. The van der Waals surface area contributed by atoms with Crippen LogP contribution in [0.3, 0.4) is 0 Å². The first kappa shape index (κ1) is 14.3. The van der Waals surface area contributed by atoms with Crippen molar-refractivity contribution in [1.82, 2.24) is 5.32 Å². The average Bonchev–Trinajstić information content (AvgIpc) is 2.66. The van der Waals surface area contributed by atoms with Crippen molar-refractivity contribution < 1.29 is 24.2 Å². The zero-order valence-corrected chi connectivity index (χ0v) is 11.0. The van der Waals surface area contributed by atoms with Crippen LogP contribution in [0.25, 0.3) is 0 Å². The lowest BCUT2D eigenvalue weighted by atomic mass is 9.90. The highest BCUT2D eigenvalue weighted by atomic mass is 16.6. The van der Waals surface area contributed by atoms with Gasteiger partial charge in [-0.2, -0.15) is 0 Å². The summed E-state index contributed by atoms with van der Waals surface area (Å²) in [6.45, 7) is 1.05. The summed E-state index contributed by atoms with van der Waals surface area (Å²) in [4.78, 5) is 23.7. The molecule has 1 saturated heterocycles. The van der Waals surface area contributed by atoms with Crippen molar-refractivity contribution in [3.8, 4) is 0 Å². The number of ether oxygens (including phenoxy) is 2. The monoisotopic (exact) mass is 271 g/mol. The van der Waals surface area contributed by atoms with Crippen LogP contribution < -0.4 is 5.32 Å². The predicted octanol–water partition coefficient (Wildman–Crippen LogP) is 0.696. The molecule has 0 bridgehead atoms. The number of hydrogen-bond donors (Lipinski definition) is 2. The van der Waals surface area contributed by atoms with E-state index in [2.05, 4.69) is 5.32 Å². The lowest BCUT2D eigenvalue weighted by molar-refractivity contribution is -0.157. The zero-order chi connectivity index (χ0) is 13.7. The second kappa shape index (κ2) is 6.34. The van der Waals surface area contributed by atoms with E-state index in [-0.39, 0.29) is 12.5 Å². The van der Waals surface area contributed by atoms with E-state index < -0.39 is 17.6 Å². The Kier molecular flexibility index (Phi) is 4.76. The van der Waals surface area contributed by atoms with Crippen LogP contribution in [0.4, 0.5) is 0 Å². The van der Waals surface area contributed by atoms with E-state index in [1.165, 1.54) is 0 Å². The highest BCUT2D eigenvalue weighted by Gasteiger charge is 2.41. The van der Waals surface area contributed by atoms with Gasteiger partial charge in [0.05, 0.1) is 19.8 Å². The van der Waals surface area contributed by atoms with Gasteiger partial charge in [0.25, 0.3) is 5.91 Å². The van der Waals surface area contributed by atoms with Gasteiger partial charge in [-0.15, -0.1) is 0 Å². The van der Waals surface area contributed by atoms with Crippen LogP contribution >= 0.6 is 0 Å². The Bertz CT molecular complexity index is 330. The molecule has 2 fully saturated rings. The molecule has 0 aromatic carbocycles. The fourth-order valence-corrected chi connectivity index (χ4v) is 2.68. The van der Waals surface area contributed by atoms with Crippen LogP contribution in [-0.4, -0.2) is 48.4 Å². The molecule has 0 radical (unpaired) electrons. The summed E-state index contributed by atoms with van der Waals surface area (Å²) < 4.78 is 10.5. The number of aliphatic carboxylic acids is 1. The van der Waals surface area contributed by atoms with Crippen molar-refractivity contribution >= 4 is 11.9 Å². The molecule has 19 heavy (non-hydrogen) atoms. The summed E-state index contributed by atoms with van der Waals surface area (Å²) in [6, 6.07) is 0. The van der Waals surface area contributed by atoms with Gasteiger partial charge in [-0.1, -0.05) is 25.7 Å². The molecule has 1 heterocycles. The maximum Gasteiger partial charge on any atom is 0.329 e. The molecule has 2 N–H and O–H groups in total. The van der Waals surface area contributed by atoms with Crippen molar-refractivity contribution in [2.24, 2.45) is 0 Å². The van der Waals surface area contributed by atoms with Gasteiger partial charge in [0, 0.05) is 0 Å². The molecular formula is C13H21NO5. The molecule has 108 valence electrons. The molecule has 0 aromatic rings. The normalized spacial score (nSPS) is 27.3. The lowest BCUT2D eigenvalue weighted by Gasteiger charge is -2.32. The van der Waals surface area contributed by atoms with Gasteiger partial charge in [0.1, 0.15) is 5.54 Å². The van der Waals surface area contributed by atoms with Crippen LogP contribution in [0.5, 0.6) is 0 Å². The van der Waals surface area contributed by atoms with Crippen molar-refractivity contribution in [1.29, 1.82) is 0 Å². The molecule has 0 aromatic heterocycles. The number of amides is 1. The summed E-state index contributed by atoms with van der Waals surface area (Å²) in [6.07, 6.45) is 3.99. The minimum atomic E-state index is -1.13. The molecule has 0 unspecified atom stereocenters. The van der Waals surface area contributed by atoms with E-state index in [1.54, 1.807) is 0 Å². The van der Waals surface area contributed by atoms with Gasteiger partial charge in [-0.25, -0.2) is 4.79 Å². The van der Waals surface area contributed by atoms with Crippen molar-refractivity contribution in [2.45, 2.75) is 50.2 Å². The van der Waals surface area contributed by atoms with Gasteiger partial charge in [0.2, 0.25) is 0 Å². The topological polar surface area (TPSA) is 84.9 Å².